The summed E-state index contributed by atoms with van der Waals surface area (Å²) in [6.07, 6.45) is 4.20. The molecule has 0 aliphatic heterocycles. The fourth-order valence-corrected chi connectivity index (χ4v) is 1.07. The quantitative estimate of drug-likeness (QED) is 0.529. The normalized spacial score (nSPS) is 14.9. The van der Waals surface area contributed by atoms with Crippen LogP contribution < -0.4 is 13.3 Å². The van der Waals surface area contributed by atoms with Crippen LogP contribution >= 0.6 is 37.2 Å². The summed E-state index contributed by atoms with van der Waals surface area (Å²) in [6, 6.07) is 0. The number of halogens is 3. The fourth-order valence-electron chi connectivity index (χ4n) is 1.07. The fraction of sp³-hybridized carbons (Fsp3) is 1.00. The molecule has 1 unspecified atom stereocenters. The number of aliphatic hydroxyl groups is 1. The molecule has 0 fully saturated rings. The van der Waals surface area contributed by atoms with Crippen LogP contribution in [0.2, 0.25) is 0 Å². The second-order valence-electron chi connectivity index (χ2n) is 4.19. The van der Waals surface area contributed by atoms with Crippen molar-refractivity contribution in [3.8, 4) is 0 Å². The Kier molecular flexibility index (Phi) is 15.4. The van der Waals surface area contributed by atoms with Gasteiger partial charge in [0.05, 0.1) is 5.60 Å². The molecule has 14 heavy (non-hydrogen) atoms. The zero-order chi connectivity index (χ0) is 11.6. The Morgan fingerprint density at radius 3 is 2.07 bits per heavy atom. The zero-order valence-electron chi connectivity index (χ0n) is 9.49. The third-order valence-corrected chi connectivity index (χ3v) is 2.26. The van der Waals surface area contributed by atoms with Gasteiger partial charge in [0.25, 0.3) is 0 Å². The number of hydrogen-bond acceptors (Lipinski definition) is 1. The second-order valence-corrected chi connectivity index (χ2v) is 20.4. The molecule has 0 bridgehead atoms. The molecule has 0 radical (unpaired) electrons. The van der Waals surface area contributed by atoms with E-state index in [0.29, 0.717) is 13.3 Å². The van der Waals surface area contributed by atoms with Crippen molar-refractivity contribution < 1.29 is 18.4 Å². The molecule has 0 aliphatic carbocycles. The molecule has 0 aromatic heterocycles. The van der Waals surface area contributed by atoms with Gasteiger partial charge in [-0.25, -0.2) is 0 Å². The first-order chi connectivity index (χ1) is 6.39. The van der Waals surface area contributed by atoms with E-state index in [1.165, 1.54) is 6.42 Å². The van der Waals surface area contributed by atoms with E-state index >= 15 is 0 Å². The predicted molar refractivity (Wildman–Crippen MR) is 77.6 cm³/mol. The maximum atomic E-state index is 9.64. The molecule has 1 atom stereocenters. The van der Waals surface area contributed by atoms with Crippen molar-refractivity contribution >= 4 is 37.2 Å². The van der Waals surface area contributed by atoms with Gasteiger partial charge in [-0.2, -0.15) is 0 Å². The van der Waals surface area contributed by atoms with Crippen LogP contribution in [0.15, 0.2) is 0 Å². The van der Waals surface area contributed by atoms with Gasteiger partial charge in [-0.15, -0.1) is 0 Å². The summed E-state index contributed by atoms with van der Waals surface area (Å²) in [4.78, 5) is 0. The van der Waals surface area contributed by atoms with Crippen LogP contribution in [0.25, 0.3) is 0 Å². The Morgan fingerprint density at radius 2 is 1.79 bits per heavy atom. The van der Waals surface area contributed by atoms with Gasteiger partial charge in [0.15, 0.2) is 0 Å². The monoisotopic (exact) mass is 539 g/mol. The Morgan fingerprint density at radius 1 is 1.36 bits per heavy atom. The van der Waals surface area contributed by atoms with Crippen LogP contribution in [0.5, 0.6) is 0 Å². The van der Waals surface area contributed by atoms with Crippen molar-refractivity contribution in [3.63, 3.8) is 0 Å². The molecule has 0 heterocycles. The summed E-state index contributed by atoms with van der Waals surface area (Å²) < 4.78 is 0. The summed E-state index contributed by atoms with van der Waals surface area (Å²) in [7, 11) is 0. The van der Waals surface area contributed by atoms with Gasteiger partial charge in [0.1, 0.15) is 0 Å². The van der Waals surface area contributed by atoms with Crippen molar-refractivity contribution in [3.05, 3.63) is 0 Å². The molecule has 1 nitrogen and oxygen atoms in total. The minimum atomic E-state index is -0.422. The molecule has 0 aromatic carbocycles. The second kappa shape index (κ2) is 11.6. The van der Waals surface area contributed by atoms with E-state index in [1.54, 1.807) is 0 Å². The SMILES string of the molecule is CCC(C)(O)CCCC(C)C.I[I-]I. The Hall–Kier alpha value is 2.15. The predicted octanol–water partition coefficient (Wildman–Crippen LogP) is 1.75. The first-order valence-electron chi connectivity index (χ1n) is 4.99. The van der Waals surface area contributed by atoms with E-state index in [1.807, 2.05) is 13.8 Å². The van der Waals surface area contributed by atoms with Crippen molar-refractivity contribution in [1.82, 2.24) is 0 Å². The van der Waals surface area contributed by atoms with Gasteiger partial charge < -0.3 is 5.11 Å². The maximum absolute atomic E-state index is 9.64. The zero-order valence-corrected chi connectivity index (χ0v) is 16.0. The molecule has 90 valence electrons. The van der Waals surface area contributed by atoms with Crippen molar-refractivity contribution in [2.75, 3.05) is 0 Å². The summed E-state index contributed by atoms with van der Waals surface area (Å²) >= 11 is 5.30. The van der Waals surface area contributed by atoms with Gasteiger partial charge >= 0.3 is 50.5 Å². The molecular weight excluding hydrogens is 517 g/mol. The third kappa shape index (κ3) is 16.6. The molecule has 0 spiro atoms. The van der Waals surface area contributed by atoms with Crippen LogP contribution in [-0.4, -0.2) is 10.7 Å². The van der Waals surface area contributed by atoms with Crippen LogP contribution in [0.3, 0.4) is 0 Å². The average molecular weight is 539 g/mol. The standard InChI is InChI=1S/C10H22O.I3/c1-5-10(4,11)8-6-7-9(2)3;1-3-2/h9,11H,5-8H2,1-4H3;/q;-1. The summed E-state index contributed by atoms with van der Waals surface area (Å²) in [5.41, 5.74) is -0.422. The first kappa shape index (κ1) is 18.5. The Balaban J connectivity index is 0. The summed E-state index contributed by atoms with van der Waals surface area (Å²) in [5, 5.41) is 9.64. The van der Waals surface area contributed by atoms with Gasteiger partial charge in [0.2, 0.25) is 0 Å². The van der Waals surface area contributed by atoms with Gasteiger partial charge in [-0.05, 0) is 25.7 Å². The molecule has 0 aromatic rings. The van der Waals surface area contributed by atoms with Gasteiger partial charge in [-0.1, -0.05) is 33.6 Å². The van der Waals surface area contributed by atoms with Gasteiger partial charge in [-0.3, -0.25) is 0 Å². The van der Waals surface area contributed by atoms with Crippen molar-refractivity contribution in [2.45, 2.75) is 59.0 Å². The van der Waals surface area contributed by atoms with E-state index < -0.39 is 5.60 Å². The molecular formula is C10H22I3O-. The van der Waals surface area contributed by atoms with Gasteiger partial charge in [0, 0.05) is 0 Å². The Labute approximate surface area is 119 Å². The minimum absolute atomic E-state index is 0.422. The molecule has 1 N–H and O–H groups in total. The van der Waals surface area contributed by atoms with Crippen LogP contribution in [0.1, 0.15) is 53.4 Å². The number of hydrogen-bond donors (Lipinski definition) is 1. The molecule has 0 rings (SSSR count). The summed E-state index contributed by atoms with van der Waals surface area (Å²) in [6.45, 7) is 8.41. The third-order valence-electron chi connectivity index (χ3n) is 2.26. The molecule has 0 aliphatic rings. The van der Waals surface area contributed by atoms with E-state index in [-0.39, 0.29) is 0 Å². The summed E-state index contributed by atoms with van der Waals surface area (Å²) in [5.74, 6) is 0.766. The average Bonchev–Trinajstić information content (AvgIpc) is 2.05. The molecule has 0 saturated heterocycles. The van der Waals surface area contributed by atoms with Crippen LogP contribution in [0.4, 0.5) is 0 Å². The number of rotatable bonds is 5. The van der Waals surface area contributed by atoms with Crippen LogP contribution in [0, 0.1) is 5.92 Å². The van der Waals surface area contributed by atoms with E-state index in [2.05, 4.69) is 51.1 Å². The first-order valence-corrected chi connectivity index (χ1v) is 17.6. The molecule has 0 amide bonds. The Bertz CT molecular complexity index is 116. The van der Waals surface area contributed by atoms with E-state index in [9.17, 15) is 5.11 Å². The van der Waals surface area contributed by atoms with Crippen LogP contribution in [-0.2, 0) is 0 Å². The van der Waals surface area contributed by atoms with E-state index in [0.717, 1.165) is 25.2 Å². The topological polar surface area (TPSA) is 20.2 Å². The van der Waals surface area contributed by atoms with E-state index in [4.69, 9.17) is 0 Å². The molecule has 4 heteroatoms. The van der Waals surface area contributed by atoms with Crippen molar-refractivity contribution in [2.24, 2.45) is 5.92 Å². The van der Waals surface area contributed by atoms with Crippen molar-refractivity contribution in [1.29, 1.82) is 0 Å². The molecule has 0 saturated carbocycles.